The number of rotatable bonds is 23. The lowest BCUT2D eigenvalue weighted by atomic mass is 9.82. The number of nitrogens with two attached hydrogens (primary N) is 1. The van der Waals surface area contributed by atoms with Crippen molar-refractivity contribution < 1.29 is 96.1 Å². The normalized spacial score (nSPS) is 20.0. The van der Waals surface area contributed by atoms with E-state index in [1.165, 1.54) is 39.5 Å². The second-order valence-corrected chi connectivity index (χ2v) is 34.5. The van der Waals surface area contributed by atoms with Gasteiger partial charge in [-0.25, -0.2) is 38.4 Å². The second-order valence-electron chi connectivity index (χ2n) is 34.0. The van der Waals surface area contributed by atoms with Crippen LogP contribution in [0.1, 0.15) is 166 Å². The number of carbonyl (C=O) groups is 15. The third kappa shape index (κ3) is 26.0. The van der Waals surface area contributed by atoms with Crippen LogP contribution >= 0.6 is 12.2 Å². The summed E-state index contributed by atoms with van der Waals surface area (Å²) in [6, 6.07) is 29.2. The molecule has 131 heavy (non-hydrogen) atoms. The van der Waals surface area contributed by atoms with Gasteiger partial charge in [-0.2, -0.15) is 0 Å². The second kappa shape index (κ2) is 47.5. The number of urea groups is 5. The molecule has 11 heterocycles. The molecule has 0 spiro atoms. The van der Waals surface area contributed by atoms with Crippen LogP contribution in [0.15, 0.2) is 97.1 Å². The van der Waals surface area contributed by atoms with Gasteiger partial charge < -0.3 is 117 Å². The van der Waals surface area contributed by atoms with Gasteiger partial charge in [-0.3, -0.25) is 38.4 Å². The number of likely N-dealkylation sites (tertiary alicyclic amines) is 6. The number of aromatic carboxylic acids is 1. The number of fused-ring (bicyclic) bond motifs is 5. The fourth-order valence-corrected chi connectivity index (χ4v) is 18.8. The molecular weight excluding hydrogens is 1710 g/mol. The Bertz CT molecular complexity index is 4750. The molecule has 0 aromatic heterocycles. The van der Waals surface area contributed by atoms with Gasteiger partial charge in [0.25, 0.3) is 5.91 Å². The van der Waals surface area contributed by atoms with Crippen molar-refractivity contribution in [3.05, 3.63) is 142 Å². The van der Waals surface area contributed by atoms with E-state index < -0.39 is 17.8 Å². The summed E-state index contributed by atoms with van der Waals surface area (Å²) in [4.78, 5) is 196. The minimum absolute atomic E-state index is 0.100. The Labute approximate surface area is 763 Å². The standard InChI is InChI=1S/C17H22N4O4.C16H19N3O4.C15H18N4O3.C15H17N3O4.C14H23N3O2.C13H19N3O3S/c22-8-5-18-16(24)12-1-2-13-10-21(17(25)19-15(13)9-12)14-3-6-20(11-23)7-4-14;1-23-15(21)11-2-3-12-9-19(16(22)17-14(12)8-11)13-4-6-18(10-20)7-5-13;16-14(21)10-1-2-11-8-19(15(22)17-13(11)7-10)12-3-5-18(9-20)6-4-12;19-9-17-5-3-12(4-6-17)18-8-11-2-1-10(14(20)21)7-13(11)16-15(18)22;18-10-16-7-5-12(6-8-16)17-9-11-3-1-2-4-13(11)15-14(17)19;1-18-19-20-15-13-5-3-2-4-12(13)14-11-6-8-16(10-17)9-7-11/h1-2,9,11,14,22H,3-8,10H2,(H,18,24)(H,19,25);2-3,8,10,13H,4-7,9H2,1H3,(H,17,22);1-2,7,9,12H,3-6,8H2,(H2,16,21)(H,17,22);1-2,7,9,12H,3-6,8H2,(H,16,22)(H,20,21);10-13H,1-9H2,(H,15,19);2-5,10-11,14-15H,6-9H2,1H3. The van der Waals surface area contributed by atoms with E-state index in [1.807, 2.05) is 62.1 Å². The van der Waals surface area contributed by atoms with E-state index in [0.29, 0.717) is 142 Å². The van der Waals surface area contributed by atoms with Gasteiger partial charge in [0.2, 0.25) is 44.4 Å². The molecule has 704 valence electrons. The lowest BCUT2D eigenvalue weighted by Gasteiger charge is -2.46. The first-order chi connectivity index (χ1) is 63.5. The number of hydrogen-bond donors (Lipinski definition) is 11. The van der Waals surface area contributed by atoms with Crippen LogP contribution in [0.25, 0.3) is 0 Å². The van der Waals surface area contributed by atoms with Crippen molar-refractivity contribution in [3.8, 4) is 0 Å². The molecule has 2 atom stereocenters. The van der Waals surface area contributed by atoms with E-state index in [9.17, 15) is 71.9 Å². The summed E-state index contributed by atoms with van der Waals surface area (Å²) in [5.74, 6) is -1.60. The van der Waals surface area contributed by atoms with E-state index in [2.05, 4.69) is 46.8 Å². The third-order valence-electron chi connectivity index (χ3n) is 26.0. The molecule has 40 nitrogen and oxygen atoms in total. The van der Waals surface area contributed by atoms with Crippen LogP contribution in [-0.4, -0.2) is 311 Å². The zero-order valence-corrected chi connectivity index (χ0v) is 74.5. The zero-order valence-electron chi connectivity index (χ0n) is 73.7. The largest absolute Gasteiger partial charge is 0.478 e. The molecule has 1 saturated carbocycles. The molecular formula is C90H118N20O20S. The van der Waals surface area contributed by atoms with Crippen molar-refractivity contribution in [1.82, 2.24) is 64.5 Å². The predicted octanol–water partition coefficient (Wildman–Crippen LogP) is 7.39. The number of hydrogen-bond acceptors (Lipinski definition) is 22. The first kappa shape index (κ1) is 97.0. The van der Waals surface area contributed by atoms with E-state index >= 15 is 0 Å². The van der Waals surface area contributed by atoms with Crippen molar-refractivity contribution >= 4 is 139 Å². The molecule has 18 amide bonds. The Morgan fingerprint density at radius 2 is 0.794 bits per heavy atom. The van der Waals surface area contributed by atoms with Gasteiger partial charge in [-0.15, -0.1) is 4.33 Å². The van der Waals surface area contributed by atoms with Crippen LogP contribution in [0.3, 0.4) is 0 Å². The Hall–Kier alpha value is -13.0. The Morgan fingerprint density at radius 1 is 0.443 bits per heavy atom. The summed E-state index contributed by atoms with van der Waals surface area (Å²) in [6.45, 7) is 11.5. The number of aliphatic hydroxyl groups excluding tert-OH is 1. The van der Waals surface area contributed by atoms with E-state index in [1.54, 1.807) is 82.8 Å². The number of amides is 18. The number of ether oxygens (including phenoxy) is 1. The maximum atomic E-state index is 12.5. The number of carboxylic acids is 1. The van der Waals surface area contributed by atoms with Crippen LogP contribution in [-0.2, 0) is 68.9 Å². The van der Waals surface area contributed by atoms with Crippen molar-refractivity contribution in [3.63, 3.8) is 0 Å². The van der Waals surface area contributed by atoms with Gasteiger partial charge >= 0.3 is 42.1 Å². The summed E-state index contributed by atoms with van der Waals surface area (Å²) in [5.41, 5.74) is 14.9. The number of methoxy groups -OCH3 is 1. The number of carboxylic acid groups (broad SMARTS) is 1. The van der Waals surface area contributed by atoms with Crippen LogP contribution in [0.2, 0.25) is 0 Å². The highest BCUT2D eigenvalue weighted by molar-refractivity contribution is 7.95. The van der Waals surface area contributed by atoms with Crippen LogP contribution < -0.4 is 47.7 Å². The molecule has 1 aliphatic carbocycles. The Morgan fingerprint density at radius 3 is 1.18 bits per heavy atom. The fourth-order valence-electron chi connectivity index (χ4n) is 18.4. The summed E-state index contributed by atoms with van der Waals surface area (Å²) < 4.78 is 12.5. The summed E-state index contributed by atoms with van der Waals surface area (Å²) in [7, 11) is 2.79. The molecule has 5 aromatic rings. The maximum absolute atomic E-state index is 12.5. The van der Waals surface area contributed by atoms with Crippen molar-refractivity contribution in [2.45, 2.75) is 171 Å². The van der Waals surface area contributed by atoms with E-state index in [0.717, 1.165) is 201 Å². The number of primary amides is 1. The maximum Gasteiger partial charge on any atom is 0.337 e. The number of benzene rings is 5. The van der Waals surface area contributed by atoms with Gasteiger partial charge in [-0.05, 0) is 179 Å². The average Bonchev–Trinajstić information content (AvgIpc) is 0.800. The molecule has 2 unspecified atom stereocenters. The number of esters is 1. The van der Waals surface area contributed by atoms with Gasteiger partial charge in [0, 0.05) is 194 Å². The molecule has 11 aliphatic heterocycles. The Balaban J connectivity index is 0.000000142. The number of nitrogens with zero attached hydrogens (tertiary/aromatic N) is 11. The van der Waals surface area contributed by atoms with Crippen LogP contribution in [0.5, 0.6) is 0 Å². The SMILES string of the molecule is COC(=O)c1ccc2c(c1)NC(=O)N(C1CCN(C=O)CC1)C2.COOSNc1ccccc1NC1CCN(C=O)CC1.NC(=O)c1ccc2c(c1)NC(=O)N(C1CCN(C=O)CC1)C2.O=CN1CCC(N2CC3CCCCC3NC2=O)CC1.O=CN1CCC(N2Cc3ccc(C(=O)NCCO)cc3NC2=O)CC1.O=CN1CCC(N2Cc3ccc(C(=O)O)cc3NC2=O)CC1. The fraction of sp³-hybridized carbons (Fsp3) is 0.500. The molecule has 12 aliphatic rings. The molecule has 8 fully saturated rings. The number of aliphatic hydroxyl groups is 1. The number of nitrogens with one attached hydrogen (secondary N) is 8. The molecule has 0 radical (unpaired) electrons. The molecule has 7 saturated heterocycles. The minimum atomic E-state index is -1.01. The van der Waals surface area contributed by atoms with E-state index in [-0.39, 0.29) is 78.9 Å². The van der Waals surface area contributed by atoms with Gasteiger partial charge in [0.15, 0.2) is 0 Å². The number of carbonyl (C=O) groups excluding carboxylic acids is 14. The highest BCUT2D eigenvalue weighted by atomic mass is 32.2. The molecule has 0 bridgehead atoms. The predicted molar refractivity (Wildman–Crippen MR) is 485 cm³/mol. The molecule has 12 N–H and O–H groups in total. The highest BCUT2D eigenvalue weighted by Crippen LogP contribution is 2.37. The summed E-state index contributed by atoms with van der Waals surface area (Å²) >= 11 is 1.02. The highest BCUT2D eigenvalue weighted by Gasteiger charge is 2.41. The number of piperidine rings is 6. The van der Waals surface area contributed by atoms with Crippen LogP contribution in [0, 0.1) is 5.92 Å². The summed E-state index contributed by atoms with van der Waals surface area (Å²) in [6.07, 6.45) is 20.1. The smallest absolute Gasteiger partial charge is 0.337 e. The van der Waals surface area contributed by atoms with Crippen LogP contribution in [0.4, 0.5) is 58.1 Å². The topological polar surface area (TPSA) is 482 Å². The molecule has 41 heteroatoms. The first-order valence-electron chi connectivity index (χ1n) is 44.6. The number of anilines is 6. The molecule has 5 aromatic carbocycles. The number of para-hydroxylation sites is 2. The quantitative estimate of drug-likeness (QED) is 0.00577. The van der Waals surface area contributed by atoms with Crippen molar-refractivity contribution in [1.29, 1.82) is 0 Å². The lowest BCUT2D eigenvalue weighted by molar-refractivity contribution is -0.159. The van der Waals surface area contributed by atoms with Gasteiger partial charge in [0.1, 0.15) is 12.2 Å². The lowest BCUT2D eigenvalue weighted by Crippen LogP contribution is -2.61. The third-order valence-corrected chi connectivity index (χ3v) is 26.5. The molecule has 17 rings (SSSR count). The van der Waals surface area contributed by atoms with Crippen molar-refractivity contribution in [2.75, 3.05) is 144 Å². The van der Waals surface area contributed by atoms with Gasteiger partial charge in [-0.1, -0.05) is 49.2 Å². The zero-order chi connectivity index (χ0) is 93.0. The monoisotopic (exact) mass is 1830 g/mol. The first-order valence-corrected chi connectivity index (χ1v) is 45.3. The minimum Gasteiger partial charge on any atom is -0.478 e. The van der Waals surface area contributed by atoms with Gasteiger partial charge in [0.05, 0.1) is 43.3 Å². The Kier molecular flexibility index (Phi) is 35.2. The van der Waals surface area contributed by atoms with Crippen molar-refractivity contribution in [2.24, 2.45) is 11.7 Å². The van der Waals surface area contributed by atoms with E-state index in [4.69, 9.17) is 25.0 Å². The summed E-state index contributed by atoms with van der Waals surface area (Å²) in [5, 5.41) is 38.4. The average molecular weight is 1830 g/mol.